The maximum Gasteiger partial charge on any atom is 0.264 e. The molecule has 3 rings (SSSR count). The van der Waals surface area contributed by atoms with Gasteiger partial charge in [-0.2, -0.15) is 0 Å². The second kappa shape index (κ2) is 10.9. The zero-order valence-corrected chi connectivity index (χ0v) is 20.8. The van der Waals surface area contributed by atoms with Gasteiger partial charge in [-0.05, 0) is 73.8 Å². The van der Waals surface area contributed by atoms with Crippen molar-refractivity contribution in [1.29, 1.82) is 0 Å². The van der Waals surface area contributed by atoms with Crippen LogP contribution >= 0.6 is 27.7 Å². The van der Waals surface area contributed by atoms with Crippen LogP contribution < -0.4 is 14.4 Å². The van der Waals surface area contributed by atoms with E-state index in [1.54, 1.807) is 42.5 Å². The number of anilines is 2. The van der Waals surface area contributed by atoms with Crippen LogP contribution in [0, 0.1) is 0 Å². The van der Waals surface area contributed by atoms with Crippen molar-refractivity contribution in [2.45, 2.75) is 16.7 Å². The van der Waals surface area contributed by atoms with Crippen molar-refractivity contribution in [2.75, 3.05) is 29.0 Å². The first kappa shape index (κ1) is 24.2. The summed E-state index contributed by atoms with van der Waals surface area (Å²) in [5.74, 6) is 0.177. The molecule has 9 heteroatoms. The van der Waals surface area contributed by atoms with Crippen molar-refractivity contribution in [3.05, 3.63) is 77.3 Å². The first-order chi connectivity index (χ1) is 15.3. The minimum absolute atomic E-state index is 0.0897. The second-order valence-corrected chi connectivity index (χ2v) is 10.3. The van der Waals surface area contributed by atoms with Crippen LogP contribution in [-0.4, -0.2) is 33.7 Å². The lowest BCUT2D eigenvalue weighted by atomic mass is 10.3. The minimum Gasteiger partial charge on any atom is -0.494 e. The first-order valence-corrected chi connectivity index (χ1v) is 13.2. The van der Waals surface area contributed by atoms with Crippen LogP contribution in [0.5, 0.6) is 5.75 Å². The number of carbonyl (C=O) groups is 1. The number of nitrogens with zero attached hydrogens (tertiary/aromatic N) is 1. The molecule has 0 saturated heterocycles. The summed E-state index contributed by atoms with van der Waals surface area (Å²) < 4.78 is 34.2. The zero-order chi connectivity index (χ0) is 23.1. The molecule has 0 radical (unpaired) electrons. The van der Waals surface area contributed by atoms with Crippen LogP contribution in [0.15, 0.2) is 87.1 Å². The molecule has 3 aromatic rings. The molecule has 0 atom stereocenters. The van der Waals surface area contributed by atoms with E-state index in [0.29, 0.717) is 23.7 Å². The van der Waals surface area contributed by atoms with Crippen LogP contribution in [0.3, 0.4) is 0 Å². The fourth-order valence-corrected chi connectivity index (χ4v) is 5.23. The number of thioether (sulfide) groups is 1. The van der Waals surface area contributed by atoms with Gasteiger partial charge >= 0.3 is 0 Å². The van der Waals surface area contributed by atoms with E-state index in [2.05, 4.69) is 21.2 Å². The molecule has 0 saturated carbocycles. The van der Waals surface area contributed by atoms with E-state index in [1.165, 1.54) is 23.9 Å². The number of para-hydroxylation sites is 1. The molecule has 1 N–H and O–H groups in total. The topological polar surface area (TPSA) is 75.7 Å². The highest BCUT2D eigenvalue weighted by molar-refractivity contribution is 9.10. The molecule has 0 spiro atoms. The van der Waals surface area contributed by atoms with E-state index in [-0.39, 0.29) is 11.4 Å². The Kier molecular flexibility index (Phi) is 8.22. The fourth-order valence-electron chi connectivity index (χ4n) is 2.99. The highest BCUT2D eigenvalue weighted by Crippen LogP contribution is 2.28. The van der Waals surface area contributed by atoms with E-state index in [4.69, 9.17) is 4.74 Å². The maximum atomic E-state index is 13.5. The van der Waals surface area contributed by atoms with Crippen molar-refractivity contribution in [3.63, 3.8) is 0 Å². The molecule has 0 aliphatic carbocycles. The van der Waals surface area contributed by atoms with Gasteiger partial charge in [0, 0.05) is 9.37 Å². The molecule has 0 heterocycles. The Morgan fingerprint density at radius 3 is 2.31 bits per heavy atom. The molecule has 0 aliphatic rings. The lowest BCUT2D eigenvalue weighted by Crippen LogP contribution is -2.38. The lowest BCUT2D eigenvalue weighted by Gasteiger charge is -2.24. The molecule has 0 aliphatic heterocycles. The SMILES string of the molecule is CCOc1ccc(N(CC(=O)Nc2ccccc2SC)S(=O)(=O)c2ccc(Br)cc2)cc1. The van der Waals surface area contributed by atoms with E-state index < -0.39 is 15.9 Å². The van der Waals surface area contributed by atoms with Crippen LogP contribution in [0.1, 0.15) is 6.92 Å². The predicted octanol–water partition coefficient (Wildman–Crippen LogP) is 5.40. The fraction of sp³-hybridized carbons (Fsp3) is 0.174. The van der Waals surface area contributed by atoms with E-state index in [0.717, 1.165) is 13.7 Å². The maximum absolute atomic E-state index is 13.5. The number of amides is 1. The molecule has 0 bridgehead atoms. The van der Waals surface area contributed by atoms with Crippen molar-refractivity contribution in [3.8, 4) is 5.75 Å². The van der Waals surface area contributed by atoms with Crippen molar-refractivity contribution in [2.24, 2.45) is 0 Å². The molecule has 0 fully saturated rings. The molecular weight excluding hydrogens is 512 g/mol. The Morgan fingerprint density at radius 1 is 1.03 bits per heavy atom. The monoisotopic (exact) mass is 534 g/mol. The standard InChI is InChI=1S/C23H23BrN2O4S2/c1-3-30-19-12-10-18(11-13-19)26(32(28,29)20-14-8-17(24)9-15-20)16-23(27)25-21-6-4-5-7-22(21)31-2/h4-15H,3,16H2,1-2H3,(H,25,27). The van der Waals surface area contributed by atoms with Gasteiger partial charge in [0.05, 0.1) is 22.9 Å². The number of nitrogens with one attached hydrogen (secondary N) is 1. The number of hydrogen-bond acceptors (Lipinski definition) is 5. The number of rotatable bonds is 9. The predicted molar refractivity (Wildman–Crippen MR) is 133 cm³/mol. The largest absolute Gasteiger partial charge is 0.494 e. The van der Waals surface area contributed by atoms with E-state index >= 15 is 0 Å². The molecule has 1 amide bonds. The van der Waals surface area contributed by atoms with Crippen LogP contribution in [-0.2, 0) is 14.8 Å². The van der Waals surface area contributed by atoms with Gasteiger partial charge in [0.15, 0.2) is 0 Å². The Bertz CT molecular complexity index is 1170. The summed E-state index contributed by atoms with van der Waals surface area (Å²) in [6, 6.07) is 20.3. The minimum atomic E-state index is -3.99. The Hall–Kier alpha value is -2.49. The highest BCUT2D eigenvalue weighted by atomic mass is 79.9. The molecular formula is C23H23BrN2O4S2. The summed E-state index contributed by atoms with van der Waals surface area (Å²) in [6.45, 7) is 1.99. The molecule has 32 heavy (non-hydrogen) atoms. The zero-order valence-electron chi connectivity index (χ0n) is 17.6. The van der Waals surface area contributed by atoms with Gasteiger partial charge in [-0.15, -0.1) is 11.8 Å². The van der Waals surface area contributed by atoms with Crippen LogP contribution in [0.4, 0.5) is 11.4 Å². The number of benzene rings is 3. The third-order valence-electron chi connectivity index (χ3n) is 4.51. The molecule has 0 unspecified atom stereocenters. The summed E-state index contributed by atoms with van der Waals surface area (Å²) in [5, 5.41) is 2.83. The number of hydrogen-bond donors (Lipinski definition) is 1. The number of sulfonamides is 1. The second-order valence-electron chi connectivity index (χ2n) is 6.64. The Labute approximate surface area is 201 Å². The molecule has 6 nitrogen and oxygen atoms in total. The van der Waals surface area contributed by atoms with Crippen LogP contribution in [0.25, 0.3) is 0 Å². The molecule has 168 valence electrons. The number of halogens is 1. The normalized spacial score (nSPS) is 11.1. The Balaban J connectivity index is 1.94. The quantitative estimate of drug-likeness (QED) is 0.371. The lowest BCUT2D eigenvalue weighted by molar-refractivity contribution is -0.114. The van der Waals surface area contributed by atoms with Gasteiger partial charge in [0.25, 0.3) is 10.0 Å². The average Bonchev–Trinajstić information content (AvgIpc) is 2.79. The summed E-state index contributed by atoms with van der Waals surface area (Å²) >= 11 is 4.82. The van der Waals surface area contributed by atoms with Crippen molar-refractivity contribution < 1.29 is 17.9 Å². The van der Waals surface area contributed by atoms with E-state index in [9.17, 15) is 13.2 Å². The Morgan fingerprint density at radius 2 is 1.69 bits per heavy atom. The summed E-state index contributed by atoms with van der Waals surface area (Å²) in [5.41, 5.74) is 1.00. The van der Waals surface area contributed by atoms with E-state index in [1.807, 2.05) is 31.4 Å². The first-order valence-electron chi connectivity index (χ1n) is 9.79. The molecule has 3 aromatic carbocycles. The van der Waals surface area contributed by atoms with Gasteiger partial charge < -0.3 is 10.1 Å². The van der Waals surface area contributed by atoms with Crippen LogP contribution in [0.2, 0.25) is 0 Å². The van der Waals surface area contributed by atoms with Gasteiger partial charge in [-0.1, -0.05) is 28.1 Å². The summed E-state index contributed by atoms with van der Waals surface area (Å²) in [7, 11) is -3.99. The summed E-state index contributed by atoms with van der Waals surface area (Å²) in [6.07, 6.45) is 1.91. The number of ether oxygens (including phenoxy) is 1. The molecule has 0 aromatic heterocycles. The third kappa shape index (κ3) is 5.85. The number of carbonyl (C=O) groups excluding carboxylic acids is 1. The van der Waals surface area contributed by atoms with Gasteiger partial charge in [0.2, 0.25) is 5.91 Å². The third-order valence-corrected chi connectivity index (χ3v) is 7.62. The average molecular weight is 535 g/mol. The van der Waals surface area contributed by atoms with Gasteiger partial charge in [-0.3, -0.25) is 9.10 Å². The van der Waals surface area contributed by atoms with Gasteiger partial charge in [0.1, 0.15) is 12.3 Å². The summed E-state index contributed by atoms with van der Waals surface area (Å²) in [4.78, 5) is 13.9. The van der Waals surface area contributed by atoms with Gasteiger partial charge in [-0.25, -0.2) is 8.42 Å². The smallest absolute Gasteiger partial charge is 0.264 e. The van der Waals surface area contributed by atoms with Crippen molar-refractivity contribution >= 4 is 55.0 Å². The highest BCUT2D eigenvalue weighted by Gasteiger charge is 2.27. The van der Waals surface area contributed by atoms with Crippen molar-refractivity contribution in [1.82, 2.24) is 0 Å².